The van der Waals surface area contributed by atoms with Gasteiger partial charge in [-0.25, -0.2) is 0 Å². The van der Waals surface area contributed by atoms with E-state index >= 15 is 0 Å². The summed E-state index contributed by atoms with van der Waals surface area (Å²) in [6, 6.07) is 22.7. The van der Waals surface area contributed by atoms with E-state index in [2.05, 4.69) is 93.0 Å². The molecule has 0 amide bonds. The maximum Gasteiger partial charge on any atom is 0.220 e. The molecule has 0 unspecified atom stereocenters. The number of hydrogen-bond donors (Lipinski definition) is 0. The van der Waals surface area contributed by atoms with Crippen molar-refractivity contribution < 1.29 is 4.57 Å². The fourth-order valence-electron chi connectivity index (χ4n) is 4.87. The third-order valence-corrected chi connectivity index (χ3v) is 6.78. The average Bonchev–Trinajstić information content (AvgIpc) is 3.18. The lowest BCUT2D eigenvalue weighted by atomic mass is 9.91. The van der Waals surface area contributed by atoms with Gasteiger partial charge in [-0.05, 0) is 84.0 Å². The van der Waals surface area contributed by atoms with E-state index in [0.29, 0.717) is 0 Å². The smallest absolute Gasteiger partial charge is 0.198 e. The van der Waals surface area contributed by atoms with Gasteiger partial charge in [0.1, 0.15) is 7.05 Å². The summed E-state index contributed by atoms with van der Waals surface area (Å²) in [6.07, 6.45) is 3.72. The van der Waals surface area contributed by atoms with Crippen LogP contribution in [-0.2, 0) is 19.9 Å². The predicted molar refractivity (Wildman–Crippen MR) is 122 cm³/mol. The molecule has 0 bridgehead atoms. The Kier molecular flexibility index (Phi) is 4.28. The molecule has 0 radical (unpaired) electrons. The van der Waals surface area contributed by atoms with E-state index in [1.165, 1.54) is 74.8 Å². The molecule has 0 atom stereocenters. The molecule has 0 aliphatic heterocycles. The van der Waals surface area contributed by atoms with Gasteiger partial charge in [0, 0.05) is 13.0 Å². The molecule has 0 saturated heterocycles. The van der Waals surface area contributed by atoms with Crippen LogP contribution in [-0.4, -0.2) is 0 Å². The molecular formula is C28H28N+. The molecule has 144 valence electrons. The van der Waals surface area contributed by atoms with E-state index in [1.54, 1.807) is 5.56 Å². The largest absolute Gasteiger partial charge is 0.220 e. The Labute approximate surface area is 173 Å². The number of aromatic nitrogens is 1. The average molecular weight is 379 g/mol. The fraction of sp³-hybridized carbons (Fsp3) is 0.250. The maximum atomic E-state index is 2.47. The minimum atomic E-state index is 1.21. The van der Waals surface area contributed by atoms with Crippen LogP contribution in [0.15, 0.2) is 60.7 Å². The number of pyridine rings is 1. The zero-order valence-corrected chi connectivity index (χ0v) is 17.8. The van der Waals surface area contributed by atoms with Crippen LogP contribution in [0.5, 0.6) is 0 Å². The van der Waals surface area contributed by atoms with Gasteiger partial charge in [-0.3, -0.25) is 0 Å². The van der Waals surface area contributed by atoms with Crippen molar-refractivity contribution in [1.29, 1.82) is 0 Å². The second kappa shape index (κ2) is 6.84. The van der Waals surface area contributed by atoms with E-state index in [4.69, 9.17) is 0 Å². The lowest BCUT2D eigenvalue weighted by Crippen LogP contribution is -2.35. The van der Waals surface area contributed by atoms with Crippen LogP contribution in [0.2, 0.25) is 0 Å². The second-order valence-electron chi connectivity index (χ2n) is 8.59. The van der Waals surface area contributed by atoms with Crippen molar-refractivity contribution >= 4 is 10.8 Å². The molecule has 1 heterocycles. The van der Waals surface area contributed by atoms with Crippen molar-refractivity contribution in [2.45, 2.75) is 40.0 Å². The molecule has 0 spiro atoms. The number of nitrogens with zero attached hydrogens (tertiary/aromatic N) is 1. The summed E-state index contributed by atoms with van der Waals surface area (Å²) in [4.78, 5) is 0. The number of aryl methyl sites for hydroxylation is 4. The number of hydrogen-bond acceptors (Lipinski definition) is 0. The predicted octanol–water partition coefficient (Wildman–Crippen LogP) is 6.41. The highest BCUT2D eigenvalue weighted by Gasteiger charge is 2.23. The number of fused-ring (bicyclic) bond motifs is 2. The van der Waals surface area contributed by atoms with Gasteiger partial charge in [-0.15, -0.1) is 0 Å². The van der Waals surface area contributed by atoms with E-state index in [-0.39, 0.29) is 0 Å². The zero-order chi connectivity index (χ0) is 20.1. The van der Waals surface area contributed by atoms with E-state index in [1.807, 2.05) is 0 Å². The highest BCUT2D eigenvalue weighted by atomic mass is 14.9. The molecule has 1 aliphatic carbocycles. The van der Waals surface area contributed by atoms with Crippen LogP contribution < -0.4 is 4.57 Å². The molecule has 1 aliphatic rings. The summed E-state index contributed by atoms with van der Waals surface area (Å²) >= 11 is 0. The van der Waals surface area contributed by atoms with Gasteiger partial charge in [0.25, 0.3) is 0 Å². The molecule has 3 aromatic carbocycles. The van der Waals surface area contributed by atoms with Crippen LogP contribution in [0.25, 0.3) is 33.2 Å². The zero-order valence-electron chi connectivity index (χ0n) is 17.8. The minimum absolute atomic E-state index is 1.21. The van der Waals surface area contributed by atoms with Crippen LogP contribution in [0.3, 0.4) is 0 Å². The minimum Gasteiger partial charge on any atom is -0.198 e. The van der Waals surface area contributed by atoms with Crippen molar-refractivity contribution in [2.75, 3.05) is 0 Å². The van der Waals surface area contributed by atoms with Crippen molar-refractivity contribution in [1.82, 2.24) is 0 Å². The van der Waals surface area contributed by atoms with Gasteiger partial charge in [0.05, 0.1) is 10.9 Å². The van der Waals surface area contributed by atoms with Gasteiger partial charge < -0.3 is 0 Å². The molecule has 0 fully saturated rings. The molecular weight excluding hydrogens is 350 g/mol. The first-order valence-corrected chi connectivity index (χ1v) is 10.6. The molecule has 5 rings (SSSR count). The SMILES string of the molecule is Cc1cc(-c2ccccc2)cc(-c2c3cc4c(cc3cc(C)[n+]2C)CCC4)c1C. The van der Waals surface area contributed by atoms with Gasteiger partial charge in [-0.1, -0.05) is 42.5 Å². The highest BCUT2D eigenvalue weighted by Crippen LogP contribution is 2.36. The van der Waals surface area contributed by atoms with Crippen molar-refractivity contribution in [3.63, 3.8) is 0 Å². The monoisotopic (exact) mass is 378 g/mol. The van der Waals surface area contributed by atoms with Gasteiger partial charge in [-0.2, -0.15) is 4.57 Å². The molecule has 0 saturated carbocycles. The fourth-order valence-corrected chi connectivity index (χ4v) is 4.87. The molecule has 4 aromatic rings. The Morgan fingerprint density at radius 2 is 1.48 bits per heavy atom. The maximum absolute atomic E-state index is 2.47. The summed E-state index contributed by atoms with van der Waals surface area (Å²) < 4.78 is 2.38. The van der Waals surface area contributed by atoms with Crippen molar-refractivity contribution in [3.8, 4) is 22.4 Å². The molecule has 1 heteroatoms. The Bertz CT molecular complexity index is 1250. The Hall–Kier alpha value is -2.93. The molecule has 0 N–H and O–H groups in total. The summed E-state index contributed by atoms with van der Waals surface area (Å²) in [7, 11) is 2.21. The van der Waals surface area contributed by atoms with Gasteiger partial charge in [0.2, 0.25) is 5.69 Å². The quantitative estimate of drug-likeness (QED) is 0.355. The van der Waals surface area contributed by atoms with Gasteiger partial charge in [0.15, 0.2) is 5.69 Å². The van der Waals surface area contributed by atoms with Crippen LogP contribution in [0, 0.1) is 20.8 Å². The van der Waals surface area contributed by atoms with E-state index in [0.717, 1.165) is 0 Å². The first-order chi connectivity index (χ1) is 14.0. The summed E-state index contributed by atoms with van der Waals surface area (Å²) in [5.74, 6) is 0. The molecule has 1 aromatic heterocycles. The normalized spacial score (nSPS) is 13.1. The Morgan fingerprint density at radius 3 is 2.24 bits per heavy atom. The molecule has 1 nitrogen and oxygen atoms in total. The van der Waals surface area contributed by atoms with E-state index < -0.39 is 0 Å². The van der Waals surface area contributed by atoms with Gasteiger partial charge >= 0.3 is 0 Å². The highest BCUT2D eigenvalue weighted by molar-refractivity contribution is 5.96. The van der Waals surface area contributed by atoms with Crippen LogP contribution in [0.1, 0.15) is 34.4 Å². The second-order valence-corrected chi connectivity index (χ2v) is 8.59. The lowest BCUT2D eigenvalue weighted by molar-refractivity contribution is -0.665. The third-order valence-electron chi connectivity index (χ3n) is 6.78. The first kappa shape index (κ1) is 18.1. The van der Waals surface area contributed by atoms with Crippen LogP contribution >= 0.6 is 0 Å². The third kappa shape index (κ3) is 2.97. The summed E-state index contributed by atoms with van der Waals surface area (Å²) in [5, 5.41) is 2.75. The Balaban J connectivity index is 1.84. The number of rotatable bonds is 2. The molecule has 29 heavy (non-hydrogen) atoms. The lowest BCUT2D eigenvalue weighted by Gasteiger charge is -2.15. The first-order valence-electron chi connectivity index (χ1n) is 10.6. The Morgan fingerprint density at radius 1 is 0.759 bits per heavy atom. The standard InChI is InChI=1S/C28H28N/c1-18-13-24(21-9-6-5-7-10-21)17-26(20(18)3)28-27-16-23-12-8-11-22(23)15-25(27)14-19(2)29(28)4/h5-7,9-10,13-17H,8,11-12H2,1-4H3/q+1. The summed E-state index contributed by atoms with van der Waals surface area (Å²) in [5.41, 5.74) is 12.3. The van der Waals surface area contributed by atoms with Crippen molar-refractivity contribution in [2.24, 2.45) is 7.05 Å². The number of benzene rings is 3. The van der Waals surface area contributed by atoms with Crippen molar-refractivity contribution in [3.05, 3.63) is 88.6 Å². The van der Waals surface area contributed by atoms with Crippen LogP contribution in [0.4, 0.5) is 0 Å². The summed E-state index contributed by atoms with van der Waals surface area (Å²) in [6.45, 7) is 6.72. The topological polar surface area (TPSA) is 3.88 Å². The van der Waals surface area contributed by atoms with E-state index in [9.17, 15) is 0 Å².